The van der Waals surface area contributed by atoms with E-state index < -0.39 is 0 Å². The number of hydrogen-bond donors (Lipinski definition) is 1. The number of methoxy groups -OCH3 is 2. The first-order chi connectivity index (χ1) is 13.4. The molecule has 0 spiro atoms. The molecule has 2 aromatic carbocycles. The third-order valence-electron chi connectivity index (χ3n) is 4.58. The van der Waals surface area contributed by atoms with Gasteiger partial charge in [0.1, 0.15) is 0 Å². The van der Waals surface area contributed by atoms with E-state index in [1.165, 1.54) is 0 Å². The van der Waals surface area contributed by atoms with Crippen LogP contribution in [0.1, 0.15) is 23.6 Å². The number of aryl methyl sites for hydroxylation is 1. The normalized spacial score (nSPS) is 10.3. The van der Waals surface area contributed by atoms with E-state index in [0.29, 0.717) is 31.1 Å². The van der Waals surface area contributed by atoms with Gasteiger partial charge < -0.3 is 19.7 Å². The molecule has 0 saturated heterocycles. The molecule has 0 atom stereocenters. The maximum Gasteiger partial charge on any atom is 0.224 e. The van der Waals surface area contributed by atoms with Crippen molar-refractivity contribution < 1.29 is 19.1 Å². The summed E-state index contributed by atoms with van der Waals surface area (Å²) >= 11 is 0. The molecule has 2 rings (SSSR count). The SMILES string of the molecule is COc1ccc(CC(=O)NCCN(Cc2ccccc2C)C(C)=O)cc1OC. The fourth-order valence-corrected chi connectivity index (χ4v) is 2.91. The zero-order valence-corrected chi connectivity index (χ0v) is 17.0. The minimum Gasteiger partial charge on any atom is -0.493 e. The van der Waals surface area contributed by atoms with Crippen LogP contribution in [0.25, 0.3) is 0 Å². The Morgan fingerprint density at radius 2 is 1.75 bits per heavy atom. The van der Waals surface area contributed by atoms with Crippen LogP contribution in [-0.4, -0.2) is 44.0 Å². The van der Waals surface area contributed by atoms with E-state index in [1.54, 1.807) is 38.2 Å². The van der Waals surface area contributed by atoms with E-state index in [1.807, 2.05) is 37.3 Å². The molecule has 0 fully saturated rings. The highest BCUT2D eigenvalue weighted by Gasteiger charge is 2.12. The summed E-state index contributed by atoms with van der Waals surface area (Å²) in [5, 5.41) is 2.88. The lowest BCUT2D eigenvalue weighted by Crippen LogP contribution is -2.37. The zero-order chi connectivity index (χ0) is 20.5. The van der Waals surface area contributed by atoms with Gasteiger partial charge >= 0.3 is 0 Å². The van der Waals surface area contributed by atoms with Crippen LogP contribution in [0.2, 0.25) is 0 Å². The van der Waals surface area contributed by atoms with E-state index >= 15 is 0 Å². The van der Waals surface area contributed by atoms with Crippen LogP contribution in [0, 0.1) is 6.92 Å². The number of rotatable bonds is 9. The topological polar surface area (TPSA) is 67.9 Å². The molecule has 6 nitrogen and oxygen atoms in total. The standard InChI is InChI=1S/C22H28N2O4/c1-16-7-5-6-8-19(16)15-24(17(2)25)12-11-23-22(26)14-18-9-10-20(27-3)21(13-18)28-4/h5-10,13H,11-12,14-15H2,1-4H3,(H,23,26). The van der Waals surface area contributed by atoms with Crippen LogP contribution in [0.15, 0.2) is 42.5 Å². The Kier molecular flexibility index (Phi) is 7.87. The molecule has 0 aliphatic heterocycles. The van der Waals surface area contributed by atoms with Crippen molar-refractivity contribution in [2.45, 2.75) is 26.8 Å². The lowest BCUT2D eigenvalue weighted by molar-refractivity contribution is -0.130. The van der Waals surface area contributed by atoms with Crippen LogP contribution >= 0.6 is 0 Å². The van der Waals surface area contributed by atoms with Crippen LogP contribution in [0.4, 0.5) is 0 Å². The Balaban J connectivity index is 1.87. The van der Waals surface area contributed by atoms with E-state index in [2.05, 4.69) is 5.32 Å². The van der Waals surface area contributed by atoms with Crippen molar-refractivity contribution in [2.24, 2.45) is 0 Å². The van der Waals surface area contributed by atoms with Crippen molar-refractivity contribution in [3.05, 3.63) is 59.2 Å². The van der Waals surface area contributed by atoms with Gasteiger partial charge in [-0.3, -0.25) is 9.59 Å². The van der Waals surface area contributed by atoms with Gasteiger partial charge in [-0.15, -0.1) is 0 Å². The first kappa shape index (κ1) is 21.3. The van der Waals surface area contributed by atoms with Gasteiger partial charge in [0.25, 0.3) is 0 Å². The van der Waals surface area contributed by atoms with E-state index in [-0.39, 0.29) is 18.2 Å². The van der Waals surface area contributed by atoms with Crippen LogP contribution in [-0.2, 0) is 22.6 Å². The minimum absolute atomic E-state index is 0.0163. The third-order valence-corrected chi connectivity index (χ3v) is 4.58. The highest BCUT2D eigenvalue weighted by molar-refractivity contribution is 5.79. The highest BCUT2D eigenvalue weighted by Crippen LogP contribution is 2.27. The van der Waals surface area contributed by atoms with E-state index in [4.69, 9.17) is 9.47 Å². The van der Waals surface area contributed by atoms with Crippen molar-refractivity contribution in [3.8, 4) is 11.5 Å². The lowest BCUT2D eigenvalue weighted by Gasteiger charge is -2.22. The van der Waals surface area contributed by atoms with Gasteiger partial charge in [-0.1, -0.05) is 30.3 Å². The minimum atomic E-state index is -0.105. The molecule has 0 unspecified atom stereocenters. The average Bonchev–Trinajstić information content (AvgIpc) is 2.68. The molecule has 0 saturated carbocycles. The molecular formula is C22H28N2O4. The number of ether oxygens (including phenoxy) is 2. The molecule has 1 N–H and O–H groups in total. The summed E-state index contributed by atoms with van der Waals surface area (Å²) in [6.07, 6.45) is 0.234. The third kappa shape index (κ3) is 6.01. The van der Waals surface area contributed by atoms with Crippen molar-refractivity contribution in [1.82, 2.24) is 10.2 Å². The molecule has 0 aliphatic carbocycles. The number of hydrogen-bond acceptors (Lipinski definition) is 4. The number of carbonyl (C=O) groups excluding carboxylic acids is 2. The van der Waals surface area contributed by atoms with Crippen molar-refractivity contribution >= 4 is 11.8 Å². The number of amides is 2. The molecule has 0 aliphatic rings. The molecular weight excluding hydrogens is 356 g/mol. The molecule has 0 heterocycles. The summed E-state index contributed by atoms with van der Waals surface area (Å²) in [7, 11) is 3.13. The summed E-state index contributed by atoms with van der Waals surface area (Å²) in [6.45, 7) is 4.97. The maximum absolute atomic E-state index is 12.2. The average molecular weight is 384 g/mol. The number of benzene rings is 2. The Hall–Kier alpha value is -3.02. The number of nitrogens with zero attached hydrogens (tertiary/aromatic N) is 1. The zero-order valence-electron chi connectivity index (χ0n) is 17.0. The summed E-state index contributed by atoms with van der Waals surface area (Å²) in [5.74, 6) is 1.10. The quantitative estimate of drug-likeness (QED) is 0.722. The summed E-state index contributed by atoms with van der Waals surface area (Å²) in [6, 6.07) is 13.4. The molecule has 0 radical (unpaired) electrons. The Labute approximate surface area is 166 Å². The maximum atomic E-state index is 12.2. The molecule has 0 bridgehead atoms. The number of nitrogens with one attached hydrogen (secondary N) is 1. The molecule has 0 aromatic heterocycles. The van der Waals surface area contributed by atoms with E-state index in [0.717, 1.165) is 16.7 Å². The largest absolute Gasteiger partial charge is 0.493 e. The predicted molar refractivity (Wildman–Crippen MR) is 109 cm³/mol. The first-order valence-corrected chi connectivity index (χ1v) is 9.22. The Bertz CT molecular complexity index is 820. The molecule has 2 amide bonds. The number of carbonyl (C=O) groups is 2. The van der Waals surface area contributed by atoms with Gasteiger partial charge in [0.15, 0.2) is 11.5 Å². The van der Waals surface area contributed by atoms with Gasteiger partial charge in [0.2, 0.25) is 11.8 Å². The van der Waals surface area contributed by atoms with Crippen LogP contribution in [0.3, 0.4) is 0 Å². The van der Waals surface area contributed by atoms with Crippen molar-refractivity contribution in [1.29, 1.82) is 0 Å². The second-order valence-corrected chi connectivity index (χ2v) is 6.58. The first-order valence-electron chi connectivity index (χ1n) is 9.22. The molecule has 2 aromatic rings. The van der Waals surface area contributed by atoms with Gasteiger partial charge in [-0.2, -0.15) is 0 Å². The lowest BCUT2D eigenvalue weighted by atomic mass is 10.1. The smallest absolute Gasteiger partial charge is 0.224 e. The Morgan fingerprint density at radius 1 is 1.04 bits per heavy atom. The second-order valence-electron chi connectivity index (χ2n) is 6.58. The summed E-state index contributed by atoms with van der Waals surface area (Å²) in [5.41, 5.74) is 3.08. The predicted octanol–water partition coefficient (Wildman–Crippen LogP) is 2.72. The van der Waals surface area contributed by atoms with E-state index in [9.17, 15) is 9.59 Å². The van der Waals surface area contributed by atoms with Gasteiger partial charge in [0, 0.05) is 26.6 Å². The fourth-order valence-electron chi connectivity index (χ4n) is 2.91. The highest BCUT2D eigenvalue weighted by atomic mass is 16.5. The summed E-state index contributed by atoms with van der Waals surface area (Å²) < 4.78 is 10.5. The second kappa shape index (κ2) is 10.3. The summed E-state index contributed by atoms with van der Waals surface area (Å²) in [4.78, 5) is 25.9. The Morgan fingerprint density at radius 3 is 2.39 bits per heavy atom. The van der Waals surface area contributed by atoms with Crippen LogP contribution in [0.5, 0.6) is 11.5 Å². The van der Waals surface area contributed by atoms with Crippen LogP contribution < -0.4 is 14.8 Å². The van der Waals surface area contributed by atoms with Crippen molar-refractivity contribution in [2.75, 3.05) is 27.3 Å². The van der Waals surface area contributed by atoms with Gasteiger partial charge in [-0.25, -0.2) is 0 Å². The molecule has 28 heavy (non-hydrogen) atoms. The monoisotopic (exact) mass is 384 g/mol. The van der Waals surface area contributed by atoms with Gasteiger partial charge in [0.05, 0.1) is 20.6 Å². The molecule has 6 heteroatoms. The molecule has 150 valence electrons. The van der Waals surface area contributed by atoms with Crippen molar-refractivity contribution in [3.63, 3.8) is 0 Å². The fraction of sp³-hybridized carbons (Fsp3) is 0.364. The van der Waals surface area contributed by atoms with Gasteiger partial charge in [-0.05, 0) is 35.7 Å².